The fourth-order valence-electron chi connectivity index (χ4n) is 3.19. The Morgan fingerprint density at radius 2 is 1.81 bits per heavy atom. The van der Waals surface area contributed by atoms with Crippen molar-refractivity contribution in [2.45, 2.75) is 44.3 Å². The van der Waals surface area contributed by atoms with Gasteiger partial charge in [0.1, 0.15) is 0 Å². The van der Waals surface area contributed by atoms with Crippen molar-refractivity contribution in [3.05, 3.63) is 79.3 Å². The Bertz CT molecular complexity index is 793. The van der Waals surface area contributed by atoms with E-state index >= 15 is 0 Å². The van der Waals surface area contributed by atoms with Crippen LogP contribution in [0.15, 0.2) is 42.6 Å². The van der Waals surface area contributed by atoms with E-state index in [4.69, 9.17) is 0 Å². The molecule has 1 aliphatic rings. The summed E-state index contributed by atoms with van der Waals surface area (Å²) in [6.07, 6.45) is 2.00. The zero-order valence-electron chi connectivity index (χ0n) is 18.5. The van der Waals surface area contributed by atoms with Crippen LogP contribution < -0.4 is 62.0 Å². The fraction of sp³-hybridized carbons (Fsp3) is 0.417. The maximum absolute atomic E-state index is 12.3. The molecule has 170 valence electrons. The predicted molar refractivity (Wildman–Crippen MR) is 115 cm³/mol. The molecule has 1 amide bonds. The second-order valence-electron chi connectivity index (χ2n) is 7.47. The second-order valence-corrected chi connectivity index (χ2v) is 7.47. The summed E-state index contributed by atoms with van der Waals surface area (Å²) in [6.45, 7) is 9.82. The van der Waals surface area contributed by atoms with E-state index in [0.717, 1.165) is 63.0 Å². The Kier molecular flexibility index (Phi) is 13.9. The maximum atomic E-state index is 12.3. The van der Waals surface area contributed by atoms with E-state index in [9.17, 15) is 18.0 Å². The van der Waals surface area contributed by atoms with Gasteiger partial charge >= 0.3 is 57.6 Å². The van der Waals surface area contributed by atoms with Crippen LogP contribution in [0, 0.1) is 25.8 Å². The van der Waals surface area contributed by atoms with Crippen LogP contribution in [0.25, 0.3) is 0 Å². The molecule has 1 aliphatic heterocycles. The first-order valence-electron chi connectivity index (χ1n) is 10.4. The third-order valence-corrected chi connectivity index (χ3v) is 5.11. The van der Waals surface area contributed by atoms with Crippen LogP contribution in [0.1, 0.15) is 47.3 Å². The van der Waals surface area contributed by atoms with Gasteiger partial charge in [-0.05, 0) is 44.5 Å². The molecule has 0 bridgehead atoms. The Balaban J connectivity index is 0.000000393. The third kappa shape index (κ3) is 10.4. The zero-order chi connectivity index (χ0) is 22.7. The molecule has 0 radical (unpaired) electrons. The minimum atomic E-state index is -4.23. The molecule has 4 nitrogen and oxygen atoms in total. The zero-order valence-corrected chi connectivity index (χ0v) is 21.7. The number of aromatic nitrogens is 1. The molecule has 1 fully saturated rings. The number of nitrogens with zero attached hydrogens (tertiary/aromatic N) is 1. The molecular formula is C24H29F3KN3O-2. The molecule has 0 saturated carbocycles. The summed E-state index contributed by atoms with van der Waals surface area (Å²) in [6, 6.07) is 10.9. The summed E-state index contributed by atoms with van der Waals surface area (Å²) in [7, 11) is 0. The molecule has 0 aliphatic carbocycles. The monoisotopic (exact) mass is 471 g/mol. The quantitative estimate of drug-likeness (QED) is 0.498. The average molecular weight is 472 g/mol. The summed E-state index contributed by atoms with van der Waals surface area (Å²) in [5.41, 5.74) is 1.02. The summed E-state index contributed by atoms with van der Waals surface area (Å²) < 4.78 is 35.3. The molecule has 0 atom stereocenters. The van der Waals surface area contributed by atoms with Gasteiger partial charge in [-0.1, -0.05) is 11.5 Å². The van der Waals surface area contributed by atoms with E-state index in [1.54, 1.807) is 12.3 Å². The Morgan fingerprint density at radius 3 is 2.34 bits per heavy atom. The normalized spacial score (nSPS) is 14.2. The Hall–Kier alpha value is -0.774. The molecule has 0 unspecified atom stereocenters. The largest absolute Gasteiger partial charge is 1.00 e. The number of hydrogen-bond acceptors (Lipinski definition) is 3. The van der Waals surface area contributed by atoms with Crippen molar-refractivity contribution in [1.82, 2.24) is 15.6 Å². The van der Waals surface area contributed by atoms with Crippen molar-refractivity contribution in [3.8, 4) is 0 Å². The number of rotatable bonds is 6. The first-order valence-corrected chi connectivity index (χ1v) is 10.4. The smallest absolute Gasteiger partial charge is 0.349 e. The van der Waals surface area contributed by atoms with Crippen molar-refractivity contribution in [3.63, 3.8) is 0 Å². The van der Waals surface area contributed by atoms with Crippen LogP contribution >= 0.6 is 0 Å². The molecule has 2 N–H and O–H groups in total. The van der Waals surface area contributed by atoms with Crippen molar-refractivity contribution >= 4 is 5.91 Å². The van der Waals surface area contributed by atoms with Crippen LogP contribution in [0.2, 0.25) is 0 Å². The van der Waals surface area contributed by atoms with Crippen LogP contribution in [-0.4, -0.2) is 30.0 Å². The number of nitrogens with one attached hydrogen (secondary N) is 2. The standard InChI is InChI=1S/C17H25N3O.C7H4F3.K/c1-3-13(4-2)11-16-12-14(5-10-19-16)17(21)20-15-6-8-18-9-7-15;8-7(9,10)6-4-2-1-3-5-6;/h5,10,12-13,15,18H,1-4,6-9,11H2,(H,20,21);2-5H;/q-2;-1;+1. The number of carbonyl (C=O) groups excluding carboxylic acids is 1. The maximum Gasteiger partial charge on any atom is 1.00 e. The van der Waals surface area contributed by atoms with E-state index in [2.05, 4.69) is 35.5 Å². The number of pyridine rings is 1. The van der Waals surface area contributed by atoms with Gasteiger partial charge in [0.25, 0.3) is 5.91 Å². The van der Waals surface area contributed by atoms with E-state index < -0.39 is 11.7 Å². The molecule has 32 heavy (non-hydrogen) atoms. The number of amides is 1. The van der Waals surface area contributed by atoms with E-state index in [0.29, 0.717) is 11.5 Å². The fourth-order valence-corrected chi connectivity index (χ4v) is 3.19. The van der Waals surface area contributed by atoms with Gasteiger partial charge in [-0.2, -0.15) is 56.3 Å². The molecular weight excluding hydrogens is 442 g/mol. The van der Waals surface area contributed by atoms with Gasteiger partial charge in [0.2, 0.25) is 0 Å². The molecule has 8 heteroatoms. The second kappa shape index (κ2) is 15.2. The van der Waals surface area contributed by atoms with E-state index in [-0.39, 0.29) is 63.3 Å². The van der Waals surface area contributed by atoms with Gasteiger partial charge in [-0.25, -0.2) is 0 Å². The van der Waals surface area contributed by atoms with E-state index in [1.807, 2.05) is 6.07 Å². The predicted octanol–water partition coefficient (Wildman–Crippen LogP) is 1.68. The number of alkyl halides is 3. The van der Waals surface area contributed by atoms with Gasteiger partial charge < -0.3 is 24.5 Å². The van der Waals surface area contributed by atoms with Gasteiger partial charge in [0, 0.05) is 23.5 Å². The number of carbonyl (C=O) groups is 1. The van der Waals surface area contributed by atoms with E-state index in [1.165, 1.54) is 12.1 Å². The average Bonchev–Trinajstić information content (AvgIpc) is 2.79. The molecule has 1 aromatic carbocycles. The van der Waals surface area contributed by atoms with Crippen molar-refractivity contribution in [2.24, 2.45) is 5.92 Å². The SMILES string of the molecule is FC(F)(F)c1cc[c-]cc1.[CH2-]CC(C[CH2-])Cc1cc(C(=O)NC2CCNCC2)ccn1.[K+]. The molecule has 1 aromatic heterocycles. The van der Waals surface area contributed by atoms with Gasteiger partial charge in [0.05, 0.1) is 0 Å². The molecule has 3 rings (SSSR count). The number of hydrogen-bond donors (Lipinski definition) is 2. The number of halogens is 3. The van der Waals surface area contributed by atoms with Gasteiger partial charge in [0.15, 0.2) is 0 Å². The summed E-state index contributed by atoms with van der Waals surface area (Å²) in [4.78, 5) is 16.7. The molecule has 2 aromatic rings. The molecule has 2 heterocycles. The summed E-state index contributed by atoms with van der Waals surface area (Å²) >= 11 is 0. The topological polar surface area (TPSA) is 54.0 Å². The van der Waals surface area contributed by atoms with Crippen LogP contribution in [0.4, 0.5) is 13.2 Å². The first-order chi connectivity index (χ1) is 14.8. The third-order valence-electron chi connectivity index (χ3n) is 5.11. The van der Waals surface area contributed by atoms with Crippen molar-refractivity contribution in [2.75, 3.05) is 13.1 Å². The Morgan fingerprint density at radius 1 is 1.19 bits per heavy atom. The van der Waals surface area contributed by atoms with Crippen molar-refractivity contribution in [1.29, 1.82) is 0 Å². The number of benzene rings is 1. The van der Waals surface area contributed by atoms with Crippen molar-refractivity contribution < 1.29 is 69.4 Å². The molecule has 0 spiro atoms. The minimum Gasteiger partial charge on any atom is -0.349 e. The summed E-state index contributed by atoms with van der Waals surface area (Å²) in [5.74, 6) is 0.437. The number of piperidine rings is 1. The first kappa shape index (κ1) is 29.3. The summed E-state index contributed by atoms with van der Waals surface area (Å²) in [5, 5.41) is 6.41. The van der Waals surface area contributed by atoms with Crippen LogP contribution in [-0.2, 0) is 12.6 Å². The molecule has 1 saturated heterocycles. The van der Waals surface area contributed by atoms with Crippen LogP contribution in [0.3, 0.4) is 0 Å². The van der Waals surface area contributed by atoms with Crippen LogP contribution in [0.5, 0.6) is 0 Å². The Labute approximate surface area is 231 Å². The van der Waals surface area contributed by atoms with Gasteiger partial charge in [-0.15, -0.1) is 0 Å². The van der Waals surface area contributed by atoms with Gasteiger partial charge in [-0.3, -0.25) is 9.78 Å². The minimum absolute atomic E-state index is 0.